The first-order valence-electron chi connectivity index (χ1n) is 6.43. The van der Waals surface area contributed by atoms with Crippen molar-refractivity contribution in [3.63, 3.8) is 0 Å². The molecule has 0 amide bonds. The van der Waals surface area contributed by atoms with Crippen LogP contribution in [0.25, 0.3) is 0 Å². The number of anilines is 1. The number of nitrogens with one attached hydrogen (secondary N) is 1. The molecule has 1 aromatic heterocycles. The summed E-state index contributed by atoms with van der Waals surface area (Å²) in [7, 11) is 2.06. The summed E-state index contributed by atoms with van der Waals surface area (Å²) in [5, 5.41) is 7.73. The Bertz CT molecular complexity index is 440. The molecule has 0 radical (unpaired) electrons. The first-order valence-corrected chi connectivity index (χ1v) is 6.43. The number of pyridine rings is 1. The van der Waals surface area contributed by atoms with E-state index in [9.17, 15) is 0 Å². The lowest BCUT2D eigenvalue weighted by Gasteiger charge is -2.29. The molecule has 1 aromatic rings. The minimum atomic E-state index is 0.0885. The third kappa shape index (κ3) is 3.00. The number of aryl methyl sites for hydroxylation is 2. The van der Waals surface area contributed by atoms with Crippen molar-refractivity contribution in [3.05, 3.63) is 23.0 Å². The molecule has 0 saturated heterocycles. The summed E-state index contributed by atoms with van der Waals surface area (Å²) in [6, 6.07) is 2.44. The first-order chi connectivity index (χ1) is 8.38. The fourth-order valence-electron chi connectivity index (χ4n) is 2.27. The SMILES string of the molecule is CCCC(C)N(C)c1cc(C)nc(C)c1C(=N)N. The first kappa shape index (κ1) is 14.5. The largest absolute Gasteiger partial charge is 0.384 e. The van der Waals surface area contributed by atoms with Gasteiger partial charge in [0, 0.05) is 18.8 Å². The Morgan fingerprint density at radius 2 is 2.11 bits per heavy atom. The van der Waals surface area contributed by atoms with Crippen LogP contribution in [0.2, 0.25) is 0 Å². The summed E-state index contributed by atoms with van der Waals surface area (Å²) < 4.78 is 0. The van der Waals surface area contributed by atoms with Crippen LogP contribution in [0.5, 0.6) is 0 Å². The van der Waals surface area contributed by atoms with E-state index in [4.69, 9.17) is 11.1 Å². The van der Waals surface area contributed by atoms with Gasteiger partial charge in [0.15, 0.2) is 0 Å². The van der Waals surface area contributed by atoms with Gasteiger partial charge in [0.05, 0.1) is 16.9 Å². The lowest BCUT2D eigenvalue weighted by molar-refractivity contribution is 0.615. The number of amidine groups is 1. The minimum Gasteiger partial charge on any atom is -0.384 e. The third-order valence-corrected chi connectivity index (χ3v) is 3.32. The van der Waals surface area contributed by atoms with Gasteiger partial charge in [-0.3, -0.25) is 10.4 Å². The van der Waals surface area contributed by atoms with Crippen LogP contribution in [-0.2, 0) is 0 Å². The molecule has 3 N–H and O–H groups in total. The predicted octanol–water partition coefficient (Wildman–Crippen LogP) is 2.61. The quantitative estimate of drug-likeness (QED) is 0.622. The summed E-state index contributed by atoms with van der Waals surface area (Å²) in [6.45, 7) is 8.25. The Kier molecular flexibility index (Phi) is 4.70. The average Bonchev–Trinajstić information content (AvgIpc) is 2.26. The van der Waals surface area contributed by atoms with Crippen LogP contribution in [0.3, 0.4) is 0 Å². The second-order valence-electron chi connectivity index (χ2n) is 4.91. The van der Waals surface area contributed by atoms with Crippen LogP contribution in [0, 0.1) is 19.3 Å². The van der Waals surface area contributed by atoms with Gasteiger partial charge in [0.2, 0.25) is 0 Å². The van der Waals surface area contributed by atoms with E-state index in [-0.39, 0.29) is 5.84 Å². The van der Waals surface area contributed by atoms with E-state index in [1.165, 1.54) is 0 Å². The van der Waals surface area contributed by atoms with Gasteiger partial charge in [-0.15, -0.1) is 0 Å². The van der Waals surface area contributed by atoms with Crippen molar-refractivity contribution in [1.29, 1.82) is 5.41 Å². The summed E-state index contributed by atoms with van der Waals surface area (Å²) in [6.07, 6.45) is 2.26. The number of nitrogens with two attached hydrogens (primary N) is 1. The number of aromatic nitrogens is 1. The standard InChI is InChI=1S/C14H24N4/c1-6-7-10(3)18(5)12-8-9(2)17-11(4)13(12)14(15)16/h8,10H,6-7H2,1-5H3,(H3,15,16). The van der Waals surface area contributed by atoms with Gasteiger partial charge in [-0.25, -0.2) is 0 Å². The lowest BCUT2D eigenvalue weighted by Crippen LogP contribution is -2.31. The van der Waals surface area contributed by atoms with Crippen molar-refractivity contribution in [2.75, 3.05) is 11.9 Å². The molecule has 18 heavy (non-hydrogen) atoms. The second kappa shape index (κ2) is 5.85. The van der Waals surface area contributed by atoms with Gasteiger partial charge in [-0.05, 0) is 33.3 Å². The van der Waals surface area contributed by atoms with E-state index in [2.05, 4.69) is 30.8 Å². The van der Waals surface area contributed by atoms with E-state index in [1.54, 1.807) is 0 Å². The summed E-state index contributed by atoms with van der Waals surface area (Å²) in [4.78, 5) is 6.59. The number of hydrogen-bond acceptors (Lipinski definition) is 3. The molecule has 100 valence electrons. The summed E-state index contributed by atoms with van der Waals surface area (Å²) in [5.74, 6) is 0.0885. The zero-order valence-corrected chi connectivity index (χ0v) is 12.0. The van der Waals surface area contributed by atoms with Gasteiger partial charge in [-0.1, -0.05) is 13.3 Å². The van der Waals surface area contributed by atoms with Crippen LogP contribution < -0.4 is 10.6 Å². The highest BCUT2D eigenvalue weighted by Crippen LogP contribution is 2.25. The maximum absolute atomic E-state index is 7.73. The summed E-state index contributed by atoms with van der Waals surface area (Å²) >= 11 is 0. The van der Waals surface area contributed by atoms with Crippen molar-refractivity contribution in [2.45, 2.75) is 46.6 Å². The fraction of sp³-hybridized carbons (Fsp3) is 0.571. The zero-order valence-electron chi connectivity index (χ0n) is 12.0. The number of nitrogen functional groups attached to an aromatic ring is 1. The van der Waals surface area contributed by atoms with Crippen LogP contribution >= 0.6 is 0 Å². The Labute approximate surface area is 110 Å². The topological polar surface area (TPSA) is 66.0 Å². The normalized spacial score (nSPS) is 12.3. The van der Waals surface area contributed by atoms with E-state index in [0.29, 0.717) is 6.04 Å². The van der Waals surface area contributed by atoms with E-state index in [0.717, 1.165) is 35.5 Å². The minimum absolute atomic E-state index is 0.0885. The molecule has 0 aliphatic heterocycles. The van der Waals surface area contributed by atoms with E-state index in [1.807, 2.05) is 19.9 Å². The highest BCUT2D eigenvalue weighted by Gasteiger charge is 2.17. The van der Waals surface area contributed by atoms with Crippen LogP contribution in [0.1, 0.15) is 43.6 Å². The van der Waals surface area contributed by atoms with Crippen molar-refractivity contribution in [1.82, 2.24) is 4.98 Å². The molecule has 1 atom stereocenters. The molecule has 0 aromatic carbocycles. The molecule has 1 unspecified atom stereocenters. The van der Waals surface area contributed by atoms with Gasteiger partial charge in [0.1, 0.15) is 5.84 Å². The molecular formula is C14H24N4. The van der Waals surface area contributed by atoms with Crippen molar-refractivity contribution in [2.24, 2.45) is 5.73 Å². The Balaban J connectivity index is 3.25. The molecule has 0 aliphatic rings. The molecule has 0 fully saturated rings. The molecule has 4 heteroatoms. The Hall–Kier alpha value is -1.58. The maximum atomic E-state index is 7.73. The smallest absolute Gasteiger partial charge is 0.126 e. The van der Waals surface area contributed by atoms with Crippen LogP contribution in [-0.4, -0.2) is 23.9 Å². The van der Waals surface area contributed by atoms with E-state index < -0.39 is 0 Å². The van der Waals surface area contributed by atoms with Gasteiger partial charge < -0.3 is 10.6 Å². The zero-order chi connectivity index (χ0) is 13.9. The Morgan fingerprint density at radius 3 is 2.61 bits per heavy atom. The van der Waals surface area contributed by atoms with Gasteiger partial charge in [-0.2, -0.15) is 0 Å². The fourth-order valence-corrected chi connectivity index (χ4v) is 2.27. The molecule has 1 heterocycles. The van der Waals surface area contributed by atoms with Gasteiger partial charge >= 0.3 is 0 Å². The molecule has 4 nitrogen and oxygen atoms in total. The number of hydrogen-bond donors (Lipinski definition) is 2. The molecule has 0 aliphatic carbocycles. The lowest BCUT2D eigenvalue weighted by atomic mass is 10.1. The van der Waals surface area contributed by atoms with Crippen molar-refractivity contribution < 1.29 is 0 Å². The maximum Gasteiger partial charge on any atom is 0.126 e. The second-order valence-corrected chi connectivity index (χ2v) is 4.91. The predicted molar refractivity (Wildman–Crippen MR) is 77.5 cm³/mol. The Morgan fingerprint density at radius 1 is 1.50 bits per heavy atom. The molecular weight excluding hydrogens is 224 g/mol. The average molecular weight is 248 g/mol. The van der Waals surface area contributed by atoms with Crippen LogP contribution in [0.4, 0.5) is 5.69 Å². The molecule has 0 bridgehead atoms. The monoisotopic (exact) mass is 248 g/mol. The number of rotatable bonds is 5. The number of nitrogens with zero attached hydrogens (tertiary/aromatic N) is 2. The molecule has 0 spiro atoms. The van der Waals surface area contributed by atoms with Gasteiger partial charge in [0.25, 0.3) is 0 Å². The molecule has 0 saturated carbocycles. The third-order valence-electron chi connectivity index (χ3n) is 3.32. The van der Waals surface area contributed by atoms with E-state index >= 15 is 0 Å². The highest BCUT2D eigenvalue weighted by atomic mass is 15.1. The van der Waals surface area contributed by atoms with Crippen molar-refractivity contribution in [3.8, 4) is 0 Å². The van der Waals surface area contributed by atoms with Crippen LogP contribution in [0.15, 0.2) is 6.07 Å². The van der Waals surface area contributed by atoms with Crippen molar-refractivity contribution >= 4 is 11.5 Å². The molecule has 1 rings (SSSR count). The summed E-state index contributed by atoms with van der Waals surface area (Å²) in [5.41, 5.74) is 9.25. The highest BCUT2D eigenvalue weighted by molar-refractivity contribution is 6.01.